The number of hydrogen-bond acceptors (Lipinski definition) is 16. The highest BCUT2D eigenvalue weighted by molar-refractivity contribution is 6.76. The Balaban J connectivity index is 0.000000213. The van der Waals surface area contributed by atoms with Crippen LogP contribution < -0.4 is 33.2 Å². The normalized spacial score (nSPS) is 12.9. The van der Waals surface area contributed by atoms with Crippen LogP contribution in [-0.2, 0) is 30.7 Å². The van der Waals surface area contributed by atoms with Gasteiger partial charge in [0.2, 0.25) is 0 Å². The van der Waals surface area contributed by atoms with E-state index in [0.29, 0.717) is 71.0 Å². The maximum atomic E-state index is 14.3. The maximum Gasteiger partial charge on any atom is 0.513 e. The third kappa shape index (κ3) is 14.3. The number of phenols is 1. The minimum Gasteiger partial charge on any atom is -0.505 e. The molecule has 89 heavy (non-hydrogen) atoms. The molecule has 0 bridgehead atoms. The summed E-state index contributed by atoms with van der Waals surface area (Å²) in [6.07, 6.45) is 3.00. The van der Waals surface area contributed by atoms with E-state index >= 15 is 0 Å². The first kappa shape index (κ1) is 64.1. The van der Waals surface area contributed by atoms with Gasteiger partial charge < -0.3 is 43.0 Å². The monoisotopic (exact) mass is 1250 g/mol. The molecule has 8 aromatic rings. The number of carbonyl (C=O) groups is 5. The van der Waals surface area contributed by atoms with Gasteiger partial charge in [-0.25, -0.2) is 13.6 Å². The van der Waals surface area contributed by atoms with E-state index in [2.05, 4.69) is 49.3 Å². The van der Waals surface area contributed by atoms with E-state index in [1.165, 1.54) is 52.7 Å². The number of carbonyl (C=O) groups excluding carboxylic acids is 5. The van der Waals surface area contributed by atoms with Crippen molar-refractivity contribution in [2.24, 2.45) is 0 Å². The summed E-state index contributed by atoms with van der Waals surface area (Å²) in [5.74, 6) is -1.34. The third-order valence-electron chi connectivity index (χ3n) is 15.0. The summed E-state index contributed by atoms with van der Waals surface area (Å²) in [7, 11) is 2.97. The molecule has 2 aliphatic rings. The number of nitrogens with zero attached hydrogens (tertiary/aromatic N) is 4. The van der Waals surface area contributed by atoms with Gasteiger partial charge in [-0.3, -0.25) is 38.9 Å². The molecule has 0 fully saturated rings. The topological polar surface area (TPSA) is 212 Å². The Hall–Kier alpha value is -9.42. The zero-order valence-corrected chi connectivity index (χ0v) is 53.6. The molecule has 18 nitrogen and oxygen atoms in total. The molecule has 2 aromatic heterocycles. The van der Waals surface area contributed by atoms with Crippen LogP contribution in [0, 0.1) is 11.6 Å². The van der Waals surface area contributed by atoms with Gasteiger partial charge in [-0.05, 0) is 115 Å². The van der Waals surface area contributed by atoms with Crippen molar-refractivity contribution in [1.82, 2.24) is 19.8 Å². The van der Waals surface area contributed by atoms with Crippen LogP contribution in [0.15, 0.2) is 109 Å². The van der Waals surface area contributed by atoms with E-state index in [1.807, 2.05) is 6.07 Å². The van der Waals surface area contributed by atoms with Crippen molar-refractivity contribution in [3.63, 3.8) is 0 Å². The molecule has 4 heterocycles. The molecule has 22 heteroatoms. The minimum atomic E-state index is -1.57. The summed E-state index contributed by atoms with van der Waals surface area (Å²) in [6, 6.07) is 27.7. The molecule has 0 unspecified atom stereocenters. The molecule has 2 aliphatic heterocycles. The van der Waals surface area contributed by atoms with E-state index in [-0.39, 0.29) is 87.6 Å². The van der Waals surface area contributed by atoms with E-state index in [1.54, 1.807) is 86.0 Å². The average molecular weight is 1250 g/mol. The van der Waals surface area contributed by atoms with Crippen LogP contribution in [-0.4, -0.2) is 119 Å². The molecular weight excluding hydrogens is 1180 g/mol. The van der Waals surface area contributed by atoms with E-state index in [4.69, 9.17) is 37.9 Å². The fourth-order valence-corrected chi connectivity index (χ4v) is 11.7. The molecule has 0 radical (unpaired) electrons. The van der Waals surface area contributed by atoms with Gasteiger partial charge in [-0.15, -0.1) is 0 Å². The van der Waals surface area contributed by atoms with Gasteiger partial charge in [0.25, 0.3) is 23.6 Å². The molecule has 0 spiro atoms. The van der Waals surface area contributed by atoms with Gasteiger partial charge in [0.1, 0.15) is 68.3 Å². The second kappa shape index (κ2) is 26.9. The first-order valence-electron chi connectivity index (χ1n) is 28.8. The SMILES string of the molecule is CCOC(=O)Oc1c2c(c(OCC[Si](C)(C)C)c3cc(Cc4ccc(F)cc4)cnc13)C(=O)N(Cc1ccc(OC)cc1OC)C2=O.COc1ccc(CN2C(=O)c3c(c(O)c4ncc(Cc5ccc(F)cc5)cc4c3OCC[Si](C)(C)C)C2=O)c(OC)c1. The highest BCUT2D eigenvalue weighted by Gasteiger charge is 2.45. The summed E-state index contributed by atoms with van der Waals surface area (Å²) >= 11 is 0. The highest BCUT2D eigenvalue weighted by Crippen LogP contribution is 2.48. The van der Waals surface area contributed by atoms with Crippen molar-refractivity contribution in [2.45, 2.75) is 84.2 Å². The zero-order chi connectivity index (χ0) is 64.1. The van der Waals surface area contributed by atoms with Gasteiger partial charge in [-0.2, -0.15) is 0 Å². The predicted octanol–water partition coefficient (Wildman–Crippen LogP) is 13.2. The number of phenolic OH excluding ortho intramolecular Hbond substituents is 1. The van der Waals surface area contributed by atoms with E-state index in [9.17, 15) is 37.9 Å². The number of ether oxygens (including phenoxy) is 8. The summed E-state index contributed by atoms with van der Waals surface area (Å²) in [5.41, 5.74) is 4.44. The lowest BCUT2D eigenvalue weighted by Crippen LogP contribution is -2.29. The predicted molar refractivity (Wildman–Crippen MR) is 336 cm³/mol. The Bertz CT molecular complexity index is 4040. The van der Waals surface area contributed by atoms with Crippen molar-refractivity contribution < 1.29 is 75.8 Å². The lowest BCUT2D eigenvalue weighted by molar-refractivity contribution is 0.0623. The maximum absolute atomic E-state index is 14.3. The van der Waals surface area contributed by atoms with Crippen LogP contribution in [0.3, 0.4) is 0 Å². The van der Waals surface area contributed by atoms with Gasteiger partial charge in [0.05, 0.1) is 72.5 Å². The average Bonchev–Trinajstić information content (AvgIpc) is 1.64. The van der Waals surface area contributed by atoms with Crippen LogP contribution in [0.5, 0.6) is 46.0 Å². The molecule has 4 amide bonds. The van der Waals surface area contributed by atoms with Gasteiger partial charge in [-0.1, -0.05) is 63.5 Å². The first-order valence-corrected chi connectivity index (χ1v) is 36.2. The Morgan fingerprint density at radius 2 is 0.921 bits per heavy atom. The Kier molecular flexibility index (Phi) is 19.4. The molecule has 0 saturated heterocycles. The van der Waals surface area contributed by atoms with Crippen LogP contribution >= 0.6 is 0 Å². The number of rotatable bonds is 22. The fourth-order valence-electron chi connectivity index (χ4n) is 10.3. The molecule has 0 atom stereocenters. The molecule has 464 valence electrons. The molecular formula is C67H70F2N4O14Si2. The lowest BCUT2D eigenvalue weighted by Gasteiger charge is -2.19. The second-order valence-corrected chi connectivity index (χ2v) is 35.0. The Morgan fingerprint density at radius 3 is 1.34 bits per heavy atom. The van der Waals surface area contributed by atoms with Crippen molar-refractivity contribution in [2.75, 3.05) is 48.3 Å². The largest absolute Gasteiger partial charge is 0.513 e. The quantitative estimate of drug-likeness (QED) is 0.0289. The second-order valence-electron chi connectivity index (χ2n) is 23.8. The highest BCUT2D eigenvalue weighted by atomic mass is 28.3. The third-order valence-corrected chi connectivity index (χ3v) is 18.4. The number of halogens is 2. The number of fused-ring (bicyclic) bond motifs is 4. The molecule has 0 saturated carbocycles. The number of benzene rings is 6. The van der Waals surface area contributed by atoms with Crippen LogP contribution in [0.2, 0.25) is 51.4 Å². The summed E-state index contributed by atoms with van der Waals surface area (Å²) in [6.45, 7) is 15.4. The fraction of sp³-hybridized carbons (Fsp3) is 0.299. The van der Waals surface area contributed by atoms with Crippen LogP contribution in [0.25, 0.3) is 21.8 Å². The van der Waals surface area contributed by atoms with Crippen LogP contribution in [0.4, 0.5) is 13.6 Å². The molecule has 6 aromatic carbocycles. The smallest absolute Gasteiger partial charge is 0.505 e. The van der Waals surface area contributed by atoms with Crippen molar-refractivity contribution in [1.29, 1.82) is 0 Å². The first-order chi connectivity index (χ1) is 42.4. The van der Waals surface area contributed by atoms with E-state index < -0.39 is 45.9 Å². The van der Waals surface area contributed by atoms with Gasteiger partial charge in [0, 0.05) is 62.6 Å². The van der Waals surface area contributed by atoms with Crippen LogP contribution in [0.1, 0.15) is 81.7 Å². The number of aromatic nitrogens is 2. The van der Waals surface area contributed by atoms with Gasteiger partial charge >= 0.3 is 6.16 Å². The molecule has 10 rings (SSSR count). The van der Waals surface area contributed by atoms with Crippen molar-refractivity contribution in [3.05, 3.63) is 177 Å². The Morgan fingerprint density at radius 1 is 0.517 bits per heavy atom. The minimum absolute atomic E-state index is 0.0220. The van der Waals surface area contributed by atoms with Crippen molar-refractivity contribution in [3.8, 4) is 46.0 Å². The molecule has 0 aliphatic carbocycles. The number of aromatic hydroxyl groups is 1. The Labute approximate surface area is 516 Å². The molecule has 1 N–H and O–H groups in total. The number of imide groups is 2. The number of hydrogen-bond donors (Lipinski definition) is 1. The number of amides is 4. The zero-order valence-electron chi connectivity index (χ0n) is 51.6. The lowest BCUT2D eigenvalue weighted by atomic mass is 9.99. The number of methoxy groups -OCH3 is 4. The standard InChI is InChI=1S/C35H37FN2O8Si.C32H33FN2O6Si/c1-7-44-35(41)46-32-29-28(33(39)38(34(29)40)20-23-10-13-25(42-2)18-27(23)43-3)31(45-14-15-47(4,5)6)26-17-22(19-37-30(26)32)16-21-8-11-24(36)12-9-21;1-39-23-11-8-21(25(16-23)40-2)18-35-31(37)26-27(32(35)38)30(41-12-13-42(3,4)5)24-15-20(17-34-28(24)29(26)36)14-19-6-9-22(33)10-7-19/h8-13,17-19H,7,14-16,20H2,1-6H3;6-11,15-17,36H,12-14,18H2,1-5H3. The summed E-state index contributed by atoms with van der Waals surface area (Å²) in [5, 5.41) is 12.1. The number of pyridine rings is 2. The van der Waals surface area contributed by atoms with Gasteiger partial charge in [0.15, 0.2) is 11.5 Å². The van der Waals surface area contributed by atoms with Crippen molar-refractivity contribution >= 4 is 67.7 Å². The summed E-state index contributed by atoms with van der Waals surface area (Å²) in [4.78, 5) is 80.0. The summed E-state index contributed by atoms with van der Waals surface area (Å²) < 4.78 is 72.0. The van der Waals surface area contributed by atoms with E-state index in [0.717, 1.165) is 44.1 Å².